The third-order valence-corrected chi connectivity index (χ3v) is 4.27. The largest absolute Gasteiger partial charge is 0.479 e. The van der Waals surface area contributed by atoms with Crippen LogP contribution in [0.2, 0.25) is 10.0 Å². The lowest BCUT2D eigenvalue weighted by Gasteiger charge is -2.16. The van der Waals surface area contributed by atoms with Gasteiger partial charge in [-0.25, -0.2) is 0 Å². The molecule has 2 rings (SSSR count). The average Bonchev–Trinajstić information content (AvgIpc) is 2.67. The SMILES string of the molecule is CC(=O)Nc1ccc(C(=O)NCCNC(=O)C(C)Oc2ccc(Cl)cc2Cl)cc1. The predicted molar refractivity (Wildman–Crippen MR) is 113 cm³/mol. The molecule has 0 spiro atoms. The highest BCUT2D eigenvalue weighted by atomic mass is 35.5. The first-order valence-corrected chi connectivity index (χ1v) is 9.57. The van der Waals surface area contributed by atoms with Crippen molar-refractivity contribution >= 4 is 46.6 Å². The molecule has 0 aromatic heterocycles. The van der Waals surface area contributed by atoms with Crippen LogP contribution in [0.3, 0.4) is 0 Å². The van der Waals surface area contributed by atoms with Crippen molar-refractivity contribution in [2.45, 2.75) is 20.0 Å². The minimum atomic E-state index is -0.773. The van der Waals surface area contributed by atoms with E-state index in [1.807, 2.05) is 0 Å². The van der Waals surface area contributed by atoms with E-state index in [4.69, 9.17) is 27.9 Å². The number of carbonyl (C=O) groups is 3. The molecule has 29 heavy (non-hydrogen) atoms. The van der Waals surface area contributed by atoms with Crippen LogP contribution in [0, 0.1) is 0 Å². The van der Waals surface area contributed by atoms with E-state index >= 15 is 0 Å². The molecule has 2 aromatic rings. The molecule has 0 fully saturated rings. The number of anilines is 1. The fourth-order valence-electron chi connectivity index (χ4n) is 2.33. The maximum atomic E-state index is 12.1. The number of rotatable bonds is 8. The van der Waals surface area contributed by atoms with Gasteiger partial charge in [0.05, 0.1) is 5.02 Å². The molecule has 1 atom stereocenters. The Bertz CT molecular complexity index is 888. The smallest absolute Gasteiger partial charge is 0.260 e. The van der Waals surface area contributed by atoms with E-state index in [0.717, 1.165) is 0 Å². The second-order valence-electron chi connectivity index (χ2n) is 6.14. The molecule has 0 bridgehead atoms. The summed E-state index contributed by atoms with van der Waals surface area (Å²) in [6, 6.07) is 11.2. The summed E-state index contributed by atoms with van der Waals surface area (Å²) in [7, 11) is 0. The summed E-state index contributed by atoms with van der Waals surface area (Å²) < 4.78 is 5.53. The number of amides is 3. The van der Waals surface area contributed by atoms with Crippen molar-refractivity contribution in [2.24, 2.45) is 0 Å². The van der Waals surface area contributed by atoms with Crippen molar-refractivity contribution in [1.29, 1.82) is 0 Å². The molecule has 0 aliphatic heterocycles. The second-order valence-corrected chi connectivity index (χ2v) is 6.98. The van der Waals surface area contributed by atoms with Crippen molar-refractivity contribution in [2.75, 3.05) is 18.4 Å². The average molecular weight is 438 g/mol. The topological polar surface area (TPSA) is 96.5 Å². The molecule has 154 valence electrons. The number of hydrogen-bond acceptors (Lipinski definition) is 4. The Labute approximate surface area is 178 Å². The van der Waals surface area contributed by atoms with Crippen molar-refractivity contribution in [3.05, 3.63) is 58.1 Å². The summed E-state index contributed by atoms with van der Waals surface area (Å²) in [5, 5.41) is 8.79. The summed E-state index contributed by atoms with van der Waals surface area (Å²) in [4.78, 5) is 35.2. The lowest BCUT2D eigenvalue weighted by molar-refractivity contribution is -0.127. The Kier molecular flexibility index (Phi) is 8.30. The van der Waals surface area contributed by atoms with Crippen molar-refractivity contribution in [3.63, 3.8) is 0 Å². The Morgan fingerprint density at radius 3 is 2.28 bits per heavy atom. The van der Waals surface area contributed by atoms with Crippen LogP contribution in [0.1, 0.15) is 24.2 Å². The number of ether oxygens (including phenoxy) is 1. The van der Waals surface area contributed by atoms with Crippen LogP contribution in [0.4, 0.5) is 5.69 Å². The highest BCUT2D eigenvalue weighted by Gasteiger charge is 2.16. The molecule has 0 aliphatic rings. The molecule has 1 unspecified atom stereocenters. The summed E-state index contributed by atoms with van der Waals surface area (Å²) >= 11 is 11.9. The number of hydrogen-bond donors (Lipinski definition) is 3. The molecule has 0 heterocycles. The summed E-state index contributed by atoms with van der Waals surface area (Å²) in [6.45, 7) is 3.48. The van der Waals surface area contributed by atoms with Crippen LogP contribution in [-0.4, -0.2) is 36.9 Å². The van der Waals surface area contributed by atoms with Gasteiger partial charge in [0, 0.05) is 36.3 Å². The number of halogens is 2. The molecule has 0 saturated heterocycles. The summed E-state index contributed by atoms with van der Waals surface area (Å²) in [5.74, 6) is -0.458. The van der Waals surface area contributed by atoms with E-state index in [-0.39, 0.29) is 30.8 Å². The number of carbonyl (C=O) groups excluding carboxylic acids is 3. The Morgan fingerprint density at radius 1 is 1.00 bits per heavy atom. The van der Waals surface area contributed by atoms with Gasteiger partial charge < -0.3 is 20.7 Å². The van der Waals surface area contributed by atoms with Gasteiger partial charge >= 0.3 is 0 Å². The van der Waals surface area contributed by atoms with Gasteiger partial charge in [-0.1, -0.05) is 23.2 Å². The minimum Gasteiger partial charge on any atom is -0.479 e. The molecule has 7 nitrogen and oxygen atoms in total. The van der Waals surface area contributed by atoms with Gasteiger partial charge in [-0.05, 0) is 49.4 Å². The maximum absolute atomic E-state index is 12.1. The quantitative estimate of drug-likeness (QED) is 0.552. The molecule has 2 aromatic carbocycles. The lowest BCUT2D eigenvalue weighted by atomic mass is 10.2. The molecule has 0 aliphatic carbocycles. The van der Waals surface area contributed by atoms with Crippen LogP contribution in [0.5, 0.6) is 5.75 Å². The van der Waals surface area contributed by atoms with Crippen molar-refractivity contribution in [3.8, 4) is 5.75 Å². The highest BCUT2D eigenvalue weighted by Crippen LogP contribution is 2.28. The van der Waals surface area contributed by atoms with Crippen LogP contribution < -0.4 is 20.7 Å². The normalized spacial score (nSPS) is 11.3. The van der Waals surface area contributed by atoms with Crippen LogP contribution in [-0.2, 0) is 9.59 Å². The minimum absolute atomic E-state index is 0.186. The molecule has 0 saturated carbocycles. The highest BCUT2D eigenvalue weighted by molar-refractivity contribution is 6.35. The van der Waals surface area contributed by atoms with Crippen LogP contribution >= 0.6 is 23.2 Å². The van der Waals surface area contributed by atoms with Crippen molar-refractivity contribution < 1.29 is 19.1 Å². The van der Waals surface area contributed by atoms with Crippen molar-refractivity contribution in [1.82, 2.24) is 10.6 Å². The van der Waals surface area contributed by atoms with Gasteiger partial charge in [0.25, 0.3) is 11.8 Å². The van der Waals surface area contributed by atoms with E-state index in [0.29, 0.717) is 27.0 Å². The lowest BCUT2D eigenvalue weighted by Crippen LogP contribution is -2.40. The van der Waals surface area contributed by atoms with E-state index in [2.05, 4.69) is 16.0 Å². The third-order valence-electron chi connectivity index (χ3n) is 3.74. The molecule has 3 N–H and O–H groups in total. The molecule has 3 amide bonds. The van der Waals surface area contributed by atoms with E-state index in [1.54, 1.807) is 43.3 Å². The first kappa shape index (κ1) is 22.5. The van der Waals surface area contributed by atoms with Crippen LogP contribution in [0.15, 0.2) is 42.5 Å². The van der Waals surface area contributed by atoms with Gasteiger partial charge in [-0.3, -0.25) is 14.4 Å². The second kappa shape index (κ2) is 10.7. The van der Waals surface area contributed by atoms with Gasteiger partial charge in [-0.2, -0.15) is 0 Å². The standard InChI is InChI=1S/C20H21Cl2N3O4/c1-12(29-18-8-5-15(21)11-17(18)22)19(27)23-9-10-24-20(28)14-3-6-16(7-4-14)25-13(2)26/h3-8,11-12H,9-10H2,1-2H3,(H,23,27)(H,24,28)(H,25,26). The monoisotopic (exact) mass is 437 g/mol. The maximum Gasteiger partial charge on any atom is 0.260 e. The summed E-state index contributed by atoms with van der Waals surface area (Å²) in [5.41, 5.74) is 1.05. The molecule has 0 radical (unpaired) electrons. The van der Waals surface area contributed by atoms with E-state index in [1.165, 1.54) is 13.0 Å². The predicted octanol–water partition coefficient (Wildman–Crippen LogP) is 3.27. The zero-order chi connectivity index (χ0) is 21.4. The van der Waals surface area contributed by atoms with Gasteiger partial charge in [0.2, 0.25) is 5.91 Å². The van der Waals surface area contributed by atoms with Gasteiger partial charge in [0.15, 0.2) is 6.10 Å². The number of nitrogens with one attached hydrogen (secondary N) is 3. The molecular formula is C20H21Cl2N3O4. The Morgan fingerprint density at radius 2 is 1.66 bits per heavy atom. The third kappa shape index (κ3) is 7.29. The Hall–Kier alpha value is -2.77. The zero-order valence-electron chi connectivity index (χ0n) is 15.9. The summed E-state index contributed by atoms with van der Waals surface area (Å²) in [6.07, 6.45) is -0.773. The van der Waals surface area contributed by atoms with E-state index in [9.17, 15) is 14.4 Å². The molecular weight excluding hydrogens is 417 g/mol. The molecule has 9 heteroatoms. The van der Waals surface area contributed by atoms with Crippen LogP contribution in [0.25, 0.3) is 0 Å². The van der Waals surface area contributed by atoms with E-state index < -0.39 is 6.10 Å². The Balaban J connectivity index is 1.74. The first-order valence-electron chi connectivity index (χ1n) is 8.81. The number of benzene rings is 2. The van der Waals surface area contributed by atoms with Gasteiger partial charge in [-0.15, -0.1) is 0 Å². The fraction of sp³-hybridized carbons (Fsp3) is 0.250. The van der Waals surface area contributed by atoms with Gasteiger partial charge in [0.1, 0.15) is 5.75 Å². The first-order chi connectivity index (χ1) is 13.8. The zero-order valence-corrected chi connectivity index (χ0v) is 17.4. The fourth-order valence-corrected chi connectivity index (χ4v) is 2.78.